The van der Waals surface area contributed by atoms with Crippen LogP contribution in [0.2, 0.25) is 0 Å². The van der Waals surface area contributed by atoms with Gasteiger partial charge in [0.05, 0.1) is 0 Å². The Morgan fingerprint density at radius 2 is 1.95 bits per heavy atom. The van der Waals surface area contributed by atoms with E-state index < -0.39 is 0 Å². The van der Waals surface area contributed by atoms with Crippen LogP contribution in [0.1, 0.15) is 32.3 Å². The first-order chi connectivity index (χ1) is 9.59. The van der Waals surface area contributed by atoms with Crippen LogP contribution in [-0.2, 0) is 11.2 Å². The third-order valence-electron chi connectivity index (χ3n) is 3.10. The predicted octanol–water partition coefficient (Wildman–Crippen LogP) is 2.51. The first kappa shape index (κ1) is 16.6. The van der Waals surface area contributed by atoms with E-state index in [0.717, 1.165) is 13.0 Å². The molecule has 0 atom stereocenters. The Labute approximate surface area is 121 Å². The highest BCUT2D eigenvalue weighted by molar-refractivity contribution is 5.76. The number of carbonyl (C=O) groups is 1. The number of nitrogens with one attached hydrogen (secondary N) is 2. The molecule has 0 saturated carbocycles. The second-order valence-corrected chi connectivity index (χ2v) is 5.37. The average molecular weight is 280 g/mol. The van der Waals surface area contributed by atoms with Gasteiger partial charge in [-0.2, -0.15) is 0 Å². The molecule has 0 spiro atoms. The summed E-state index contributed by atoms with van der Waals surface area (Å²) in [6.07, 6.45) is 2.11. The van der Waals surface area contributed by atoms with Crippen LogP contribution in [0, 0.1) is 11.7 Å². The fraction of sp³-hybridized carbons (Fsp3) is 0.562. The minimum Gasteiger partial charge on any atom is -0.356 e. The lowest BCUT2D eigenvalue weighted by Crippen LogP contribution is -2.29. The van der Waals surface area contributed by atoms with E-state index in [0.29, 0.717) is 37.4 Å². The van der Waals surface area contributed by atoms with Crippen LogP contribution in [0.4, 0.5) is 4.39 Å². The summed E-state index contributed by atoms with van der Waals surface area (Å²) in [6.45, 7) is 6.47. The summed E-state index contributed by atoms with van der Waals surface area (Å²) in [4.78, 5) is 11.6. The van der Waals surface area contributed by atoms with Gasteiger partial charge in [0.1, 0.15) is 5.82 Å². The molecule has 20 heavy (non-hydrogen) atoms. The Bertz CT molecular complexity index is 407. The first-order valence-corrected chi connectivity index (χ1v) is 7.30. The molecule has 0 aliphatic carbocycles. The standard InChI is InChI=1S/C16H25FN2O/c1-13(2)7-10-18-11-9-16(20)19-12-8-14-5-3-4-6-15(14)17/h3-6,13,18H,7-12H2,1-2H3,(H,19,20). The molecule has 0 aliphatic rings. The van der Waals surface area contributed by atoms with Crippen LogP contribution >= 0.6 is 0 Å². The molecule has 0 radical (unpaired) electrons. The summed E-state index contributed by atoms with van der Waals surface area (Å²) >= 11 is 0. The highest BCUT2D eigenvalue weighted by Crippen LogP contribution is 2.06. The smallest absolute Gasteiger partial charge is 0.221 e. The molecule has 1 rings (SSSR count). The van der Waals surface area contributed by atoms with E-state index in [9.17, 15) is 9.18 Å². The number of benzene rings is 1. The lowest BCUT2D eigenvalue weighted by Gasteiger charge is -2.08. The Morgan fingerprint density at radius 1 is 1.20 bits per heavy atom. The van der Waals surface area contributed by atoms with E-state index in [-0.39, 0.29) is 11.7 Å². The quantitative estimate of drug-likeness (QED) is 0.682. The molecule has 3 nitrogen and oxygen atoms in total. The number of halogens is 1. The summed E-state index contributed by atoms with van der Waals surface area (Å²) in [6, 6.07) is 6.66. The highest BCUT2D eigenvalue weighted by Gasteiger charge is 2.03. The van der Waals surface area contributed by atoms with E-state index in [4.69, 9.17) is 0 Å². The van der Waals surface area contributed by atoms with Gasteiger partial charge in [-0.1, -0.05) is 32.0 Å². The van der Waals surface area contributed by atoms with Gasteiger partial charge >= 0.3 is 0 Å². The van der Waals surface area contributed by atoms with Crippen LogP contribution in [0.25, 0.3) is 0 Å². The molecule has 112 valence electrons. The molecule has 0 heterocycles. The number of hydrogen-bond acceptors (Lipinski definition) is 2. The van der Waals surface area contributed by atoms with Crippen molar-refractivity contribution >= 4 is 5.91 Å². The number of amides is 1. The van der Waals surface area contributed by atoms with Crippen molar-refractivity contribution in [1.82, 2.24) is 10.6 Å². The van der Waals surface area contributed by atoms with Crippen molar-refractivity contribution in [3.8, 4) is 0 Å². The van der Waals surface area contributed by atoms with E-state index in [1.807, 2.05) is 0 Å². The second-order valence-electron chi connectivity index (χ2n) is 5.37. The number of rotatable bonds is 9. The molecule has 0 unspecified atom stereocenters. The van der Waals surface area contributed by atoms with Gasteiger partial charge in [-0.05, 0) is 36.9 Å². The zero-order valence-electron chi connectivity index (χ0n) is 12.4. The van der Waals surface area contributed by atoms with Gasteiger partial charge in [-0.3, -0.25) is 4.79 Å². The lowest BCUT2D eigenvalue weighted by atomic mass is 10.1. The van der Waals surface area contributed by atoms with Gasteiger partial charge in [0, 0.05) is 19.5 Å². The van der Waals surface area contributed by atoms with Gasteiger partial charge < -0.3 is 10.6 Å². The molecule has 0 fully saturated rings. The summed E-state index contributed by atoms with van der Waals surface area (Å²) in [7, 11) is 0. The van der Waals surface area contributed by atoms with Crippen LogP contribution in [-0.4, -0.2) is 25.5 Å². The molecular weight excluding hydrogens is 255 g/mol. The van der Waals surface area contributed by atoms with Crippen LogP contribution in [0.3, 0.4) is 0 Å². The van der Waals surface area contributed by atoms with E-state index >= 15 is 0 Å². The molecular formula is C16H25FN2O. The lowest BCUT2D eigenvalue weighted by molar-refractivity contribution is -0.120. The zero-order chi connectivity index (χ0) is 14.8. The molecule has 1 amide bonds. The molecule has 0 bridgehead atoms. The maximum Gasteiger partial charge on any atom is 0.221 e. The first-order valence-electron chi connectivity index (χ1n) is 7.30. The Morgan fingerprint density at radius 3 is 2.65 bits per heavy atom. The van der Waals surface area contributed by atoms with Gasteiger partial charge in [0.2, 0.25) is 5.91 Å². The Kier molecular flexibility index (Phi) is 7.88. The third kappa shape index (κ3) is 7.24. The SMILES string of the molecule is CC(C)CCNCCC(=O)NCCc1ccccc1F. The summed E-state index contributed by atoms with van der Waals surface area (Å²) in [5.41, 5.74) is 0.642. The highest BCUT2D eigenvalue weighted by atomic mass is 19.1. The Balaban J connectivity index is 2.07. The van der Waals surface area contributed by atoms with Crippen molar-refractivity contribution in [3.63, 3.8) is 0 Å². The topological polar surface area (TPSA) is 41.1 Å². The summed E-state index contributed by atoms with van der Waals surface area (Å²) in [5, 5.41) is 6.06. The van der Waals surface area contributed by atoms with E-state index in [2.05, 4.69) is 24.5 Å². The maximum atomic E-state index is 13.3. The van der Waals surface area contributed by atoms with Crippen molar-refractivity contribution < 1.29 is 9.18 Å². The monoisotopic (exact) mass is 280 g/mol. The van der Waals surface area contributed by atoms with Gasteiger partial charge in [-0.25, -0.2) is 4.39 Å². The molecule has 1 aromatic carbocycles. The summed E-state index contributed by atoms with van der Waals surface area (Å²) < 4.78 is 13.3. The van der Waals surface area contributed by atoms with Crippen molar-refractivity contribution in [1.29, 1.82) is 0 Å². The normalized spacial score (nSPS) is 10.8. The molecule has 0 saturated heterocycles. The van der Waals surface area contributed by atoms with Crippen molar-refractivity contribution in [2.45, 2.75) is 33.1 Å². The van der Waals surface area contributed by atoms with E-state index in [1.165, 1.54) is 6.07 Å². The van der Waals surface area contributed by atoms with Crippen LogP contribution < -0.4 is 10.6 Å². The molecule has 2 N–H and O–H groups in total. The third-order valence-corrected chi connectivity index (χ3v) is 3.10. The fourth-order valence-corrected chi connectivity index (χ4v) is 1.84. The zero-order valence-corrected chi connectivity index (χ0v) is 12.4. The van der Waals surface area contributed by atoms with E-state index in [1.54, 1.807) is 18.2 Å². The average Bonchev–Trinajstić information content (AvgIpc) is 2.40. The number of hydrogen-bond donors (Lipinski definition) is 2. The van der Waals surface area contributed by atoms with Gasteiger partial charge in [-0.15, -0.1) is 0 Å². The second kappa shape index (κ2) is 9.48. The maximum absolute atomic E-state index is 13.3. The molecule has 4 heteroatoms. The van der Waals surface area contributed by atoms with Gasteiger partial charge in [0.15, 0.2) is 0 Å². The van der Waals surface area contributed by atoms with Crippen molar-refractivity contribution in [2.24, 2.45) is 5.92 Å². The largest absolute Gasteiger partial charge is 0.356 e. The number of carbonyl (C=O) groups excluding carboxylic acids is 1. The van der Waals surface area contributed by atoms with Crippen molar-refractivity contribution in [2.75, 3.05) is 19.6 Å². The Hall–Kier alpha value is -1.42. The molecule has 0 aromatic heterocycles. The van der Waals surface area contributed by atoms with Crippen molar-refractivity contribution in [3.05, 3.63) is 35.6 Å². The summed E-state index contributed by atoms with van der Waals surface area (Å²) in [5.74, 6) is 0.479. The fourth-order valence-electron chi connectivity index (χ4n) is 1.84. The molecule has 0 aliphatic heterocycles. The van der Waals surface area contributed by atoms with Gasteiger partial charge in [0.25, 0.3) is 0 Å². The predicted molar refractivity (Wildman–Crippen MR) is 80.1 cm³/mol. The van der Waals surface area contributed by atoms with Crippen LogP contribution in [0.15, 0.2) is 24.3 Å². The minimum absolute atomic E-state index is 0.0124. The molecule has 1 aromatic rings. The minimum atomic E-state index is -0.211. The van der Waals surface area contributed by atoms with Crippen LogP contribution in [0.5, 0.6) is 0 Å².